The molecule has 0 radical (unpaired) electrons. The Hall–Kier alpha value is -3.37. The summed E-state index contributed by atoms with van der Waals surface area (Å²) in [5, 5.41) is 22.7. The Morgan fingerprint density at radius 3 is 2.70 bits per heavy atom. The van der Waals surface area contributed by atoms with Crippen LogP contribution in [-0.4, -0.2) is 44.1 Å². The number of H-pyrrole nitrogens is 1. The number of anilines is 2. The SMILES string of the molecule is COC(=O)/C(=C(/O)CSc1nnc(Nc2ccccc2)s1)c1nc2ccccc2[nH]1. The van der Waals surface area contributed by atoms with Gasteiger partial charge in [-0.15, -0.1) is 10.2 Å². The molecule has 0 spiro atoms. The van der Waals surface area contributed by atoms with Gasteiger partial charge < -0.3 is 20.1 Å². The van der Waals surface area contributed by atoms with E-state index in [2.05, 4.69) is 25.5 Å². The molecule has 0 aliphatic rings. The summed E-state index contributed by atoms with van der Waals surface area (Å²) < 4.78 is 5.49. The van der Waals surface area contributed by atoms with Crippen molar-refractivity contribution in [3.8, 4) is 0 Å². The molecule has 3 N–H and O–H groups in total. The average molecular weight is 440 g/mol. The zero-order valence-electron chi connectivity index (χ0n) is 15.8. The number of fused-ring (bicyclic) bond motifs is 1. The lowest BCUT2D eigenvalue weighted by Crippen LogP contribution is -2.09. The summed E-state index contributed by atoms with van der Waals surface area (Å²) in [6, 6.07) is 17.0. The topological polar surface area (TPSA) is 113 Å². The van der Waals surface area contributed by atoms with E-state index >= 15 is 0 Å². The summed E-state index contributed by atoms with van der Waals surface area (Å²) in [6.07, 6.45) is 0. The van der Waals surface area contributed by atoms with Gasteiger partial charge in [0.1, 0.15) is 17.2 Å². The molecule has 2 aromatic heterocycles. The number of rotatable bonds is 7. The van der Waals surface area contributed by atoms with Gasteiger partial charge in [-0.3, -0.25) is 0 Å². The van der Waals surface area contributed by atoms with Crippen molar-refractivity contribution in [2.45, 2.75) is 4.34 Å². The van der Waals surface area contributed by atoms with E-state index in [0.29, 0.717) is 15.0 Å². The number of carbonyl (C=O) groups excluding carboxylic acids is 1. The predicted molar refractivity (Wildman–Crippen MR) is 118 cm³/mol. The van der Waals surface area contributed by atoms with Crippen LogP contribution >= 0.6 is 23.1 Å². The van der Waals surface area contributed by atoms with Crippen molar-refractivity contribution >= 4 is 56.5 Å². The first kappa shape index (κ1) is 19.9. The molecule has 0 saturated heterocycles. The lowest BCUT2D eigenvalue weighted by Gasteiger charge is -2.06. The van der Waals surface area contributed by atoms with Crippen LogP contribution in [0.3, 0.4) is 0 Å². The Morgan fingerprint density at radius 1 is 1.17 bits per heavy atom. The molecule has 2 aromatic carbocycles. The number of ether oxygens (including phenoxy) is 1. The van der Waals surface area contributed by atoms with Crippen molar-refractivity contribution in [2.75, 3.05) is 18.2 Å². The van der Waals surface area contributed by atoms with Crippen molar-refractivity contribution in [2.24, 2.45) is 0 Å². The van der Waals surface area contributed by atoms with Crippen LogP contribution in [0.5, 0.6) is 0 Å². The molecule has 0 aliphatic heterocycles. The van der Waals surface area contributed by atoms with Gasteiger partial charge in [0, 0.05) is 5.69 Å². The maximum atomic E-state index is 12.3. The number of benzene rings is 2. The smallest absolute Gasteiger partial charge is 0.345 e. The highest BCUT2D eigenvalue weighted by molar-refractivity contribution is 8.01. The molecule has 152 valence electrons. The fourth-order valence-electron chi connectivity index (χ4n) is 2.69. The molecule has 30 heavy (non-hydrogen) atoms. The Labute approximate surface area is 180 Å². The van der Waals surface area contributed by atoms with E-state index in [1.54, 1.807) is 0 Å². The van der Waals surface area contributed by atoms with Crippen LogP contribution in [0, 0.1) is 0 Å². The first-order valence-corrected chi connectivity index (χ1v) is 10.7. The molecule has 0 saturated carbocycles. The summed E-state index contributed by atoms with van der Waals surface area (Å²) in [5.74, 6) is -0.457. The Balaban J connectivity index is 1.52. The lowest BCUT2D eigenvalue weighted by atomic mass is 10.2. The van der Waals surface area contributed by atoms with Gasteiger partial charge in [0.05, 0.1) is 23.9 Å². The third-order valence-corrected chi connectivity index (χ3v) is 6.05. The van der Waals surface area contributed by atoms with Gasteiger partial charge in [-0.25, -0.2) is 9.78 Å². The number of aliphatic hydroxyl groups excluding tert-OH is 1. The van der Waals surface area contributed by atoms with Crippen LogP contribution in [0.4, 0.5) is 10.8 Å². The number of aromatic amines is 1. The first-order valence-electron chi connectivity index (χ1n) is 8.88. The van der Waals surface area contributed by atoms with Crippen LogP contribution in [0.25, 0.3) is 16.6 Å². The highest BCUT2D eigenvalue weighted by Crippen LogP contribution is 2.30. The summed E-state index contributed by atoms with van der Waals surface area (Å²) in [7, 11) is 1.26. The van der Waals surface area contributed by atoms with E-state index in [4.69, 9.17) is 4.74 Å². The number of carbonyl (C=O) groups is 1. The number of nitrogens with one attached hydrogen (secondary N) is 2. The van der Waals surface area contributed by atoms with Gasteiger partial charge in [0.15, 0.2) is 4.34 Å². The molecule has 0 amide bonds. The molecule has 8 nitrogen and oxygen atoms in total. The Kier molecular flexibility index (Phi) is 5.96. The molecule has 2 heterocycles. The van der Waals surface area contributed by atoms with Crippen LogP contribution in [0.1, 0.15) is 5.82 Å². The van der Waals surface area contributed by atoms with Crippen molar-refractivity contribution in [3.63, 3.8) is 0 Å². The largest absolute Gasteiger partial charge is 0.510 e. The van der Waals surface area contributed by atoms with Crippen molar-refractivity contribution < 1.29 is 14.6 Å². The number of hydrogen-bond acceptors (Lipinski definition) is 9. The fraction of sp³-hybridized carbons (Fsp3) is 0.100. The number of aliphatic hydroxyl groups is 1. The van der Waals surface area contributed by atoms with Crippen LogP contribution in [-0.2, 0) is 9.53 Å². The fourth-order valence-corrected chi connectivity index (χ4v) is 4.34. The zero-order chi connectivity index (χ0) is 20.9. The van der Waals surface area contributed by atoms with Crippen LogP contribution < -0.4 is 5.32 Å². The number of nitrogens with zero attached hydrogens (tertiary/aromatic N) is 3. The van der Waals surface area contributed by atoms with Crippen molar-refractivity contribution in [1.29, 1.82) is 0 Å². The monoisotopic (exact) mass is 439 g/mol. The molecular weight excluding hydrogens is 422 g/mol. The lowest BCUT2D eigenvalue weighted by molar-refractivity contribution is -0.133. The van der Waals surface area contributed by atoms with Gasteiger partial charge in [0.2, 0.25) is 5.13 Å². The number of para-hydroxylation sites is 3. The molecule has 0 fully saturated rings. The van der Waals surface area contributed by atoms with E-state index in [1.807, 2.05) is 54.6 Å². The Morgan fingerprint density at radius 2 is 1.93 bits per heavy atom. The molecule has 0 unspecified atom stereocenters. The minimum Gasteiger partial charge on any atom is -0.510 e. The second-order valence-electron chi connectivity index (χ2n) is 6.07. The molecule has 0 atom stereocenters. The first-order chi connectivity index (χ1) is 14.6. The summed E-state index contributed by atoms with van der Waals surface area (Å²) in [5.41, 5.74) is 2.35. The number of methoxy groups -OCH3 is 1. The minimum absolute atomic E-state index is 0.00616. The van der Waals surface area contributed by atoms with E-state index in [9.17, 15) is 9.90 Å². The number of esters is 1. The molecule has 0 bridgehead atoms. The summed E-state index contributed by atoms with van der Waals surface area (Å²) in [4.78, 5) is 19.7. The maximum absolute atomic E-state index is 12.3. The maximum Gasteiger partial charge on any atom is 0.345 e. The number of aromatic nitrogens is 4. The second-order valence-corrected chi connectivity index (χ2v) is 8.27. The summed E-state index contributed by atoms with van der Waals surface area (Å²) >= 11 is 2.62. The van der Waals surface area contributed by atoms with Gasteiger partial charge in [-0.1, -0.05) is 53.4 Å². The van der Waals surface area contributed by atoms with Crippen LogP contribution in [0.15, 0.2) is 64.7 Å². The van der Waals surface area contributed by atoms with E-state index in [1.165, 1.54) is 30.2 Å². The molecular formula is C20H17N5O3S2. The van der Waals surface area contributed by atoms with Gasteiger partial charge in [-0.2, -0.15) is 0 Å². The predicted octanol–water partition coefficient (Wildman–Crippen LogP) is 4.39. The van der Waals surface area contributed by atoms with Crippen LogP contribution in [0.2, 0.25) is 0 Å². The molecule has 0 aliphatic carbocycles. The van der Waals surface area contributed by atoms with Gasteiger partial charge >= 0.3 is 5.97 Å². The zero-order valence-corrected chi connectivity index (χ0v) is 17.5. The molecule has 4 aromatic rings. The summed E-state index contributed by atoms with van der Waals surface area (Å²) in [6.45, 7) is 0. The number of thioether (sulfide) groups is 1. The highest BCUT2D eigenvalue weighted by atomic mass is 32.2. The highest BCUT2D eigenvalue weighted by Gasteiger charge is 2.22. The number of hydrogen-bond donors (Lipinski definition) is 3. The van der Waals surface area contributed by atoms with Crippen molar-refractivity contribution in [1.82, 2.24) is 20.2 Å². The second kappa shape index (κ2) is 8.97. The normalized spacial score (nSPS) is 11.9. The van der Waals surface area contributed by atoms with E-state index in [-0.39, 0.29) is 22.9 Å². The molecule has 4 rings (SSSR count). The van der Waals surface area contributed by atoms with Crippen molar-refractivity contribution in [3.05, 3.63) is 66.2 Å². The molecule has 10 heteroatoms. The Bertz CT molecular complexity index is 1170. The van der Waals surface area contributed by atoms with E-state index in [0.717, 1.165) is 11.2 Å². The van der Waals surface area contributed by atoms with E-state index < -0.39 is 5.97 Å². The third-order valence-electron chi connectivity index (χ3n) is 4.07. The number of imidazole rings is 1. The van der Waals surface area contributed by atoms with Gasteiger partial charge in [0.25, 0.3) is 0 Å². The third kappa shape index (κ3) is 4.44. The average Bonchev–Trinajstić information content (AvgIpc) is 3.39. The quantitative estimate of drug-likeness (QED) is 0.168. The van der Waals surface area contributed by atoms with Gasteiger partial charge in [-0.05, 0) is 24.3 Å². The standard InChI is InChI=1S/C20H17N5O3S2/c1-28-18(27)16(17-22-13-9-5-6-10-14(13)23-17)15(26)11-29-20-25-24-19(30-20)21-12-7-3-2-4-8-12/h2-10,26H,11H2,1H3,(H,21,24)(H,22,23)/b16-15+. The minimum atomic E-state index is -0.671.